The molecule has 0 radical (unpaired) electrons. The minimum absolute atomic E-state index is 0.437. The Labute approximate surface area is 123 Å². The maximum absolute atomic E-state index is 12.5. The van der Waals surface area contributed by atoms with Crippen molar-refractivity contribution in [2.45, 2.75) is 6.92 Å². The number of carbonyl (C=O) groups is 2. The first-order valence-corrected chi connectivity index (χ1v) is 7.05. The Morgan fingerprint density at radius 3 is 2.62 bits per heavy atom. The highest BCUT2D eigenvalue weighted by atomic mass is 16.5. The van der Waals surface area contributed by atoms with Gasteiger partial charge >= 0.3 is 0 Å². The Balaban J connectivity index is 1.98. The molecular formula is C16H18N2O3. The number of benzene rings is 1. The molecule has 0 atom stereocenters. The average Bonchev–Trinajstić information content (AvgIpc) is 2.85. The molecule has 0 spiro atoms. The number of fused-ring (bicyclic) bond motifs is 1. The molecule has 2 aromatic rings. The van der Waals surface area contributed by atoms with E-state index in [1.165, 1.54) is 0 Å². The van der Waals surface area contributed by atoms with Crippen molar-refractivity contribution in [2.24, 2.45) is 7.05 Å². The van der Waals surface area contributed by atoms with Crippen molar-refractivity contribution in [3.05, 3.63) is 35.5 Å². The summed E-state index contributed by atoms with van der Waals surface area (Å²) in [5.41, 5.74) is 2.57. The summed E-state index contributed by atoms with van der Waals surface area (Å²) in [7, 11) is 1.89. The third-order valence-corrected chi connectivity index (χ3v) is 3.94. The predicted molar refractivity (Wildman–Crippen MR) is 79.4 cm³/mol. The first-order valence-electron chi connectivity index (χ1n) is 7.05. The largest absolute Gasteiger partial charge is 0.378 e. The number of amides is 1. The predicted octanol–water partition coefficient (Wildman–Crippen LogP) is 1.53. The van der Waals surface area contributed by atoms with Crippen molar-refractivity contribution in [3.63, 3.8) is 0 Å². The Bertz CT molecular complexity index is 712. The molecule has 2 heterocycles. The van der Waals surface area contributed by atoms with Gasteiger partial charge in [0.2, 0.25) is 0 Å². The van der Waals surface area contributed by atoms with Crippen LogP contribution in [0, 0.1) is 6.92 Å². The molecule has 0 bridgehead atoms. The van der Waals surface area contributed by atoms with E-state index in [0.717, 1.165) is 16.5 Å². The lowest BCUT2D eigenvalue weighted by Crippen LogP contribution is -2.44. The summed E-state index contributed by atoms with van der Waals surface area (Å²) in [4.78, 5) is 26.5. The van der Waals surface area contributed by atoms with Gasteiger partial charge < -0.3 is 14.2 Å². The van der Waals surface area contributed by atoms with Crippen molar-refractivity contribution in [1.29, 1.82) is 0 Å². The standard InChI is InChI=1S/C16H18N2O3/c1-11-4-3-5-12-13(10-17(2)14(11)12)15(19)16(20)18-6-8-21-9-7-18/h3-5,10H,6-9H2,1-2H3. The van der Waals surface area contributed by atoms with Crippen molar-refractivity contribution in [3.8, 4) is 0 Å². The second-order valence-corrected chi connectivity index (χ2v) is 5.36. The highest BCUT2D eigenvalue weighted by Crippen LogP contribution is 2.24. The molecule has 110 valence electrons. The zero-order valence-corrected chi connectivity index (χ0v) is 12.3. The van der Waals surface area contributed by atoms with Crippen molar-refractivity contribution in [2.75, 3.05) is 26.3 Å². The normalized spacial score (nSPS) is 15.4. The number of carbonyl (C=O) groups excluding carboxylic acids is 2. The molecule has 3 rings (SSSR count). The second-order valence-electron chi connectivity index (χ2n) is 5.36. The Kier molecular flexibility index (Phi) is 3.51. The molecule has 1 saturated heterocycles. The number of morpholine rings is 1. The van der Waals surface area contributed by atoms with Gasteiger partial charge in [0.1, 0.15) is 0 Å². The lowest BCUT2D eigenvalue weighted by molar-refractivity contribution is -0.130. The average molecular weight is 286 g/mol. The Hall–Kier alpha value is -2.14. The third kappa shape index (κ3) is 2.34. The third-order valence-electron chi connectivity index (χ3n) is 3.94. The van der Waals surface area contributed by atoms with E-state index in [-0.39, 0.29) is 0 Å². The summed E-state index contributed by atoms with van der Waals surface area (Å²) in [6.07, 6.45) is 1.75. The van der Waals surface area contributed by atoms with E-state index in [2.05, 4.69) is 0 Å². The SMILES string of the molecule is Cc1cccc2c(C(=O)C(=O)N3CCOCC3)cn(C)c12. The number of ketones is 1. The summed E-state index contributed by atoms with van der Waals surface area (Å²) in [5.74, 6) is -0.875. The van der Waals surface area contributed by atoms with E-state index in [0.29, 0.717) is 31.9 Å². The van der Waals surface area contributed by atoms with Gasteiger partial charge in [-0.1, -0.05) is 18.2 Å². The van der Waals surface area contributed by atoms with E-state index >= 15 is 0 Å². The summed E-state index contributed by atoms with van der Waals surface area (Å²) < 4.78 is 7.12. The van der Waals surface area contributed by atoms with Crippen LogP contribution in [0.5, 0.6) is 0 Å². The number of Topliss-reactive ketones (excluding diaryl/α,β-unsaturated/α-hetero) is 1. The number of rotatable bonds is 2. The quantitative estimate of drug-likeness (QED) is 0.621. The molecule has 5 heteroatoms. The highest BCUT2D eigenvalue weighted by Gasteiger charge is 2.27. The van der Waals surface area contributed by atoms with Crippen LogP contribution in [0.15, 0.2) is 24.4 Å². The van der Waals surface area contributed by atoms with Crippen molar-refractivity contribution >= 4 is 22.6 Å². The Morgan fingerprint density at radius 1 is 1.19 bits per heavy atom. The van der Waals surface area contributed by atoms with Crippen LogP contribution in [-0.4, -0.2) is 47.5 Å². The molecule has 0 saturated carbocycles. The van der Waals surface area contributed by atoms with Crippen LogP contribution in [0.2, 0.25) is 0 Å². The maximum Gasteiger partial charge on any atom is 0.295 e. The van der Waals surface area contributed by atoms with Crippen LogP contribution in [0.1, 0.15) is 15.9 Å². The molecular weight excluding hydrogens is 268 g/mol. The minimum atomic E-state index is -0.438. The Morgan fingerprint density at radius 2 is 1.90 bits per heavy atom. The fraction of sp³-hybridized carbons (Fsp3) is 0.375. The molecule has 1 aromatic carbocycles. The summed E-state index contributed by atoms with van der Waals surface area (Å²) in [6, 6.07) is 5.80. The number of hydrogen-bond acceptors (Lipinski definition) is 3. The highest BCUT2D eigenvalue weighted by molar-refractivity contribution is 6.44. The van der Waals surface area contributed by atoms with Crippen molar-refractivity contribution < 1.29 is 14.3 Å². The lowest BCUT2D eigenvalue weighted by Gasteiger charge is -2.25. The molecule has 0 N–H and O–H groups in total. The first-order chi connectivity index (χ1) is 10.1. The zero-order valence-electron chi connectivity index (χ0n) is 12.3. The molecule has 1 amide bonds. The summed E-state index contributed by atoms with van der Waals surface area (Å²) in [6.45, 7) is 3.95. The van der Waals surface area contributed by atoms with Gasteiger partial charge in [-0.2, -0.15) is 0 Å². The first kappa shape index (κ1) is 13.8. The fourth-order valence-corrected chi connectivity index (χ4v) is 2.88. The van der Waals surface area contributed by atoms with Gasteiger partial charge in [0.15, 0.2) is 0 Å². The van der Waals surface area contributed by atoms with Gasteiger partial charge in [0, 0.05) is 31.7 Å². The molecule has 1 fully saturated rings. The van der Waals surface area contributed by atoms with Crippen LogP contribution in [0.3, 0.4) is 0 Å². The van der Waals surface area contributed by atoms with Gasteiger partial charge in [-0.05, 0) is 12.5 Å². The summed E-state index contributed by atoms with van der Waals surface area (Å²) in [5, 5.41) is 0.837. The molecule has 1 aliphatic heterocycles. The molecule has 5 nitrogen and oxygen atoms in total. The minimum Gasteiger partial charge on any atom is -0.378 e. The van der Waals surface area contributed by atoms with Gasteiger partial charge in [-0.25, -0.2) is 0 Å². The van der Waals surface area contributed by atoms with Gasteiger partial charge in [-0.3, -0.25) is 9.59 Å². The number of aryl methyl sites for hydroxylation is 2. The van der Waals surface area contributed by atoms with Crippen LogP contribution in [-0.2, 0) is 16.6 Å². The topological polar surface area (TPSA) is 51.5 Å². The summed E-state index contributed by atoms with van der Waals surface area (Å²) >= 11 is 0. The number of ether oxygens (including phenoxy) is 1. The van der Waals surface area contributed by atoms with Crippen LogP contribution < -0.4 is 0 Å². The second kappa shape index (κ2) is 5.33. The van der Waals surface area contributed by atoms with E-state index in [1.807, 2.05) is 36.7 Å². The van der Waals surface area contributed by atoms with E-state index < -0.39 is 11.7 Å². The molecule has 1 aliphatic rings. The lowest BCUT2D eigenvalue weighted by atomic mass is 10.1. The van der Waals surface area contributed by atoms with Crippen LogP contribution >= 0.6 is 0 Å². The molecule has 0 aliphatic carbocycles. The van der Waals surface area contributed by atoms with Crippen molar-refractivity contribution in [1.82, 2.24) is 9.47 Å². The van der Waals surface area contributed by atoms with E-state index in [9.17, 15) is 9.59 Å². The number of nitrogens with zero attached hydrogens (tertiary/aromatic N) is 2. The van der Waals surface area contributed by atoms with Gasteiger partial charge in [-0.15, -0.1) is 0 Å². The van der Waals surface area contributed by atoms with Gasteiger partial charge in [0.25, 0.3) is 11.7 Å². The molecule has 0 unspecified atom stereocenters. The van der Waals surface area contributed by atoms with Crippen LogP contribution in [0.25, 0.3) is 10.9 Å². The number of para-hydroxylation sites is 1. The van der Waals surface area contributed by atoms with Gasteiger partial charge in [0.05, 0.1) is 24.3 Å². The smallest absolute Gasteiger partial charge is 0.295 e. The number of aromatic nitrogens is 1. The van der Waals surface area contributed by atoms with Crippen LogP contribution in [0.4, 0.5) is 0 Å². The fourth-order valence-electron chi connectivity index (χ4n) is 2.88. The van der Waals surface area contributed by atoms with E-state index in [4.69, 9.17) is 4.74 Å². The zero-order chi connectivity index (χ0) is 15.0. The monoisotopic (exact) mass is 286 g/mol. The molecule has 1 aromatic heterocycles. The maximum atomic E-state index is 12.5. The van der Waals surface area contributed by atoms with E-state index in [1.54, 1.807) is 11.1 Å². The molecule has 21 heavy (non-hydrogen) atoms. The number of hydrogen-bond donors (Lipinski definition) is 0.